The third-order valence-corrected chi connectivity index (χ3v) is 3.25. The number of hydrogen-bond acceptors (Lipinski definition) is 5. The second-order valence-corrected chi connectivity index (χ2v) is 5.32. The van der Waals surface area contributed by atoms with Crippen molar-refractivity contribution < 1.29 is 23.9 Å². The largest absolute Gasteiger partial charge is 0.484 e. The molecule has 0 aliphatic rings. The van der Waals surface area contributed by atoms with E-state index in [4.69, 9.17) is 9.47 Å². The van der Waals surface area contributed by atoms with Crippen LogP contribution in [0.5, 0.6) is 5.75 Å². The smallest absolute Gasteiger partial charge is 0.338 e. The van der Waals surface area contributed by atoms with E-state index in [0.717, 1.165) is 6.42 Å². The third-order valence-electron chi connectivity index (χ3n) is 3.25. The molecule has 26 heavy (non-hydrogen) atoms. The van der Waals surface area contributed by atoms with Gasteiger partial charge in [0.2, 0.25) is 0 Å². The number of hydrogen-bond donors (Lipinski definition) is 2. The highest BCUT2D eigenvalue weighted by Gasteiger charge is 2.09. The van der Waals surface area contributed by atoms with E-state index in [0.29, 0.717) is 23.5 Å². The molecule has 0 bridgehead atoms. The van der Waals surface area contributed by atoms with Crippen molar-refractivity contribution in [1.82, 2.24) is 10.9 Å². The summed E-state index contributed by atoms with van der Waals surface area (Å²) in [4.78, 5) is 35.2. The van der Waals surface area contributed by atoms with Crippen LogP contribution in [0.4, 0.5) is 0 Å². The lowest BCUT2D eigenvalue weighted by molar-refractivity contribution is -0.123. The van der Waals surface area contributed by atoms with Crippen LogP contribution in [0.2, 0.25) is 0 Å². The lowest BCUT2D eigenvalue weighted by Gasteiger charge is -2.09. The topological polar surface area (TPSA) is 93.7 Å². The van der Waals surface area contributed by atoms with E-state index in [-0.39, 0.29) is 6.61 Å². The molecule has 0 spiro atoms. The van der Waals surface area contributed by atoms with Crippen LogP contribution in [-0.4, -0.2) is 31.0 Å². The predicted molar refractivity (Wildman–Crippen MR) is 94.6 cm³/mol. The van der Waals surface area contributed by atoms with E-state index in [1.165, 1.54) is 0 Å². The van der Waals surface area contributed by atoms with Crippen LogP contribution in [0, 0.1) is 0 Å². The number of nitrogens with one attached hydrogen (secondary N) is 2. The maximum atomic E-state index is 11.8. The molecule has 0 radical (unpaired) electrons. The number of rotatable bonds is 7. The third kappa shape index (κ3) is 5.94. The quantitative estimate of drug-likeness (QED) is 0.585. The summed E-state index contributed by atoms with van der Waals surface area (Å²) in [5, 5.41) is 0. The molecule has 2 rings (SSSR count). The highest BCUT2D eigenvalue weighted by Crippen LogP contribution is 2.13. The van der Waals surface area contributed by atoms with Gasteiger partial charge in [0, 0.05) is 5.56 Å². The highest BCUT2D eigenvalue weighted by atomic mass is 16.5. The van der Waals surface area contributed by atoms with Gasteiger partial charge in [-0.2, -0.15) is 0 Å². The van der Waals surface area contributed by atoms with Crippen LogP contribution >= 0.6 is 0 Å². The van der Waals surface area contributed by atoms with Crippen LogP contribution < -0.4 is 15.6 Å². The Hall–Kier alpha value is -3.35. The first-order chi connectivity index (χ1) is 12.6. The summed E-state index contributed by atoms with van der Waals surface area (Å²) in [7, 11) is 0. The molecule has 2 N–H and O–H groups in total. The SMILES string of the molecule is CCCOC(=O)c1ccc(OCC(=O)NNC(=O)c2ccccc2)cc1. The minimum absolute atomic E-state index is 0.283. The van der Waals surface area contributed by atoms with Crippen LogP contribution in [0.1, 0.15) is 34.1 Å². The maximum Gasteiger partial charge on any atom is 0.338 e. The molecular weight excluding hydrogens is 336 g/mol. The molecule has 0 aliphatic carbocycles. The Kier molecular flexibility index (Phi) is 7.17. The van der Waals surface area contributed by atoms with Crippen LogP contribution in [0.15, 0.2) is 54.6 Å². The summed E-state index contributed by atoms with van der Waals surface area (Å²) >= 11 is 0. The van der Waals surface area contributed by atoms with E-state index in [9.17, 15) is 14.4 Å². The van der Waals surface area contributed by atoms with Crippen LogP contribution in [-0.2, 0) is 9.53 Å². The molecule has 0 unspecified atom stereocenters. The molecule has 2 aromatic carbocycles. The van der Waals surface area contributed by atoms with Gasteiger partial charge in [-0.05, 0) is 42.8 Å². The molecule has 7 nitrogen and oxygen atoms in total. The lowest BCUT2D eigenvalue weighted by atomic mass is 10.2. The summed E-state index contributed by atoms with van der Waals surface area (Å²) in [5.41, 5.74) is 5.40. The van der Waals surface area contributed by atoms with Crippen molar-refractivity contribution in [3.63, 3.8) is 0 Å². The van der Waals surface area contributed by atoms with Crippen molar-refractivity contribution in [2.24, 2.45) is 0 Å². The van der Waals surface area contributed by atoms with E-state index in [2.05, 4.69) is 10.9 Å². The zero-order chi connectivity index (χ0) is 18.8. The number of carbonyl (C=O) groups is 3. The van der Waals surface area contributed by atoms with Crippen molar-refractivity contribution in [2.75, 3.05) is 13.2 Å². The Bertz CT molecular complexity index is 744. The first-order valence-corrected chi connectivity index (χ1v) is 8.14. The molecule has 0 aromatic heterocycles. The molecule has 0 saturated heterocycles. The average molecular weight is 356 g/mol. The molecule has 7 heteroatoms. The van der Waals surface area contributed by atoms with Gasteiger partial charge in [0.15, 0.2) is 6.61 Å². The first kappa shape index (κ1) is 19.0. The normalized spacial score (nSPS) is 9.88. The van der Waals surface area contributed by atoms with Gasteiger partial charge in [-0.25, -0.2) is 4.79 Å². The van der Waals surface area contributed by atoms with E-state index in [1.807, 2.05) is 6.92 Å². The fourth-order valence-electron chi connectivity index (χ4n) is 1.94. The van der Waals surface area contributed by atoms with Gasteiger partial charge in [-0.1, -0.05) is 25.1 Å². The minimum Gasteiger partial charge on any atom is -0.484 e. The molecule has 2 aromatic rings. The van der Waals surface area contributed by atoms with Gasteiger partial charge >= 0.3 is 5.97 Å². The molecule has 0 saturated carbocycles. The summed E-state index contributed by atoms with van der Waals surface area (Å²) in [5.74, 6) is -0.920. The highest BCUT2D eigenvalue weighted by molar-refractivity contribution is 5.95. The number of benzene rings is 2. The molecule has 0 fully saturated rings. The van der Waals surface area contributed by atoms with Gasteiger partial charge in [0.05, 0.1) is 12.2 Å². The minimum atomic E-state index is -0.513. The molecule has 136 valence electrons. The van der Waals surface area contributed by atoms with Crippen molar-refractivity contribution in [1.29, 1.82) is 0 Å². The van der Waals surface area contributed by atoms with Crippen molar-refractivity contribution in [3.05, 3.63) is 65.7 Å². The Labute approximate surface area is 151 Å². The fraction of sp³-hybridized carbons (Fsp3) is 0.211. The monoisotopic (exact) mass is 356 g/mol. The van der Waals surface area contributed by atoms with Crippen molar-refractivity contribution >= 4 is 17.8 Å². The van der Waals surface area contributed by atoms with Gasteiger partial charge in [0.25, 0.3) is 11.8 Å². The first-order valence-electron chi connectivity index (χ1n) is 8.14. The van der Waals surface area contributed by atoms with E-state index in [1.54, 1.807) is 54.6 Å². The average Bonchev–Trinajstić information content (AvgIpc) is 2.69. The van der Waals surface area contributed by atoms with Crippen molar-refractivity contribution in [3.8, 4) is 5.75 Å². The van der Waals surface area contributed by atoms with Gasteiger partial charge in [-0.3, -0.25) is 20.4 Å². The van der Waals surface area contributed by atoms with E-state index >= 15 is 0 Å². The molecule has 0 heterocycles. The zero-order valence-corrected chi connectivity index (χ0v) is 14.4. The number of carbonyl (C=O) groups excluding carboxylic acids is 3. The number of hydrazine groups is 1. The summed E-state index contributed by atoms with van der Waals surface area (Å²) < 4.78 is 10.3. The molecule has 0 aliphatic heterocycles. The lowest BCUT2D eigenvalue weighted by Crippen LogP contribution is -2.43. The van der Waals surface area contributed by atoms with Crippen LogP contribution in [0.3, 0.4) is 0 Å². The van der Waals surface area contributed by atoms with Crippen molar-refractivity contribution in [2.45, 2.75) is 13.3 Å². The fourth-order valence-corrected chi connectivity index (χ4v) is 1.94. The predicted octanol–water partition coefficient (Wildman–Crippen LogP) is 2.09. The Balaban J connectivity index is 1.75. The van der Waals surface area contributed by atoms with Crippen LogP contribution in [0.25, 0.3) is 0 Å². The van der Waals surface area contributed by atoms with E-state index < -0.39 is 17.8 Å². The molecular formula is C19H20N2O5. The Morgan fingerprint density at radius 3 is 2.23 bits per heavy atom. The zero-order valence-electron chi connectivity index (χ0n) is 14.4. The Morgan fingerprint density at radius 2 is 1.58 bits per heavy atom. The summed E-state index contributed by atoms with van der Waals surface area (Å²) in [6.45, 7) is 2.00. The van der Waals surface area contributed by atoms with Gasteiger partial charge < -0.3 is 9.47 Å². The van der Waals surface area contributed by atoms with Gasteiger partial charge in [0.1, 0.15) is 5.75 Å². The molecule has 0 atom stereocenters. The number of esters is 1. The second-order valence-electron chi connectivity index (χ2n) is 5.32. The number of amides is 2. The molecule has 2 amide bonds. The Morgan fingerprint density at radius 1 is 0.885 bits per heavy atom. The standard InChI is InChI=1S/C19H20N2O5/c1-2-12-25-19(24)15-8-10-16(11-9-15)26-13-17(22)20-21-18(23)14-6-4-3-5-7-14/h3-11H,2,12-13H2,1H3,(H,20,22)(H,21,23). The summed E-state index contributed by atoms with van der Waals surface area (Å²) in [6, 6.07) is 14.7. The number of ether oxygens (including phenoxy) is 2. The maximum absolute atomic E-state index is 11.8. The second kappa shape index (κ2) is 9.83. The van der Waals surface area contributed by atoms with Gasteiger partial charge in [-0.15, -0.1) is 0 Å². The summed E-state index contributed by atoms with van der Waals surface area (Å²) in [6.07, 6.45) is 0.753.